The molecule has 20 heavy (non-hydrogen) atoms. The predicted molar refractivity (Wildman–Crippen MR) is 79.4 cm³/mol. The first-order valence-corrected chi connectivity index (χ1v) is 6.92. The Balaban J connectivity index is 1.84. The molecule has 1 amide bonds. The molecule has 2 aromatic rings. The van der Waals surface area contributed by atoms with Crippen LogP contribution >= 0.6 is 23.2 Å². The molecule has 0 saturated heterocycles. The first-order valence-electron chi connectivity index (χ1n) is 6.16. The van der Waals surface area contributed by atoms with Crippen molar-refractivity contribution in [3.8, 4) is 0 Å². The van der Waals surface area contributed by atoms with E-state index < -0.39 is 5.91 Å². The monoisotopic (exact) mass is 310 g/mol. The van der Waals surface area contributed by atoms with Crippen molar-refractivity contribution in [1.82, 2.24) is 10.2 Å². The lowest BCUT2D eigenvalue weighted by Gasteiger charge is -2.06. The van der Waals surface area contributed by atoms with Crippen molar-refractivity contribution >= 4 is 40.5 Å². The second-order valence-electron chi connectivity index (χ2n) is 4.75. The summed E-state index contributed by atoms with van der Waals surface area (Å²) in [6, 6.07) is 4.84. The topological polar surface area (TPSA) is 83.8 Å². The van der Waals surface area contributed by atoms with Crippen LogP contribution in [0.4, 0.5) is 11.4 Å². The number of aromatic nitrogens is 2. The summed E-state index contributed by atoms with van der Waals surface area (Å²) in [5.74, 6) is -0.00590. The van der Waals surface area contributed by atoms with Crippen molar-refractivity contribution < 1.29 is 4.79 Å². The summed E-state index contributed by atoms with van der Waals surface area (Å²) in [7, 11) is 0. The largest absolute Gasteiger partial charge is 0.395 e. The molecule has 0 bridgehead atoms. The highest BCUT2D eigenvalue weighted by molar-refractivity contribution is 6.35. The van der Waals surface area contributed by atoms with Crippen LogP contribution in [0.2, 0.25) is 10.0 Å². The molecule has 3 rings (SSSR count). The summed E-state index contributed by atoms with van der Waals surface area (Å²) >= 11 is 11.9. The Kier molecular flexibility index (Phi) is 3.31. The molecule has 0 spiro atoms. The number of aromatic amines is 1. The van der Waals surface area contributed by atoms with E-state index in [1.54, 1.807) is 18.2 Å². The zero-order chi connectivity index (χ0) is 14.3. The number of H-pyrrole nitrogens is 1. The van der Waals surface area contributed by atoms with Crippen molar-refractivity contribution in [2.24, 2.45) is 0 Å². The summed E-state index contributed by atoms with van der Waals surface area (Å²) in [5, 5.41) is 10.4. The van der Waals surface area contributed by atoms with Crippen molar-refractivity contribution in [3.63, 3.8) is 0 Å². The normalized spacial score (nSPS) is 14.3. The molecule has 1 fully saturated rings. The summed E-state index contributed by atoms with van der Waals surface area (Å²) in [6.45, 7) is 0. The number of rotatable bonds is 3. The van der Waals surface area contributed by atoms with Crippen molar-refractivity contribution in [3.05, 3.63) is 39.6 Å². The highest BCUT2D eigenvalue weighted by atomic mass is 35.5. The Bertz CT molecular complexity index is 679. The molecule has 1 saturated carbocycles. The molecule has 7 heteroatoms. The van der Waals surface area contributed by atoms with E-state index in [1.165, 1.54) is 0 Å². The molecule has 0 unspecified atom stereocenters. The molecule has 1 heterocycles. The van der Waals surface area contributed by atoms with Gasteiger partial charge in [-0.25, -0.2) is 0 Å². The van der Waals surface area contributed by atoms with Crippen LogP contribution in [-0.2, 0) is 0 Å². The molecule has 1 aliphatic carbocycles. The molecule has 0 aliphatic heterocycles. The number of hydrogen-bond acceptors (Lipinski definition) is 3. The van der Waals surface area contributed by atoms with Gasteiger partial charge in [-0.3, -0.25) is 9.89 Å². The van der Waals surface area contributed by atoms with Gasteiger partial charge in [0.2, 0.25) is 0 Å². The van der Waals surface area contributed by atoms with Gasteiger partial charge in [0.05, 0.1) is 22.1 Å². The van der Waals surface area contributed by atoms with Gasteiger partial charge in [0.15, 0.2) is 5.69 Å². The van der Waals surface area contributed by atoms with Crippen LogP contribution < -0.4 is 11.1 Å². The van der Waals surface area contributed by atoms with Crippen LogP contribution in [0.5, 0.6) is 0 Å². The molecular weight excluding hydrogens is 299 g/mol. The van der Waals surface area contributed by atoms with Gasteiger partial charge in [0.1, 0.15) is 0 Å². The number of anilines is 2. The molecule has 5 nitrogen and oxygen atoms in total. The predicted octanol–water partition coefficient (Wildman–Crippen LogP) is 3.43. The van der Waals surface area contributed by atoms with Crippen LogP contribution in [0.1, 0.15) is 34.9 Å². The third-order valence-corrected chi connectivity index (χ3v) is 3.78. The van der Waals surface area contributed by atoms with E-state index >= 15 is 0 Å². The Morgan fingerprint density at radius 2 is 2.15 bits per heavy atom. The van der Waals surface area contributed by atoms with Gasteiger partial charge in [-0.2, -0.15) is 5.10 Å². The Hall–Kier alpha value is -1.72. The number of nitrogens with two attached hydrogens (primary N) is 1. The lowest BCUT2D eigenvalue weighted by molar-refractivity contribution is 0.102. The van der Waals surface area contributed by atoms with Crippen LogP contribution in [0.3, 0.4) is 0 Å². The van der Waals surface area contributed by atoms with Gasteiger partial charge >= 0.3 is 0 Å². The lowest BCUT2D eigenvalue weighted by atomic mass is 10.2. The SMILES string of the molecule is Nc1c(C(=O)Nc2cc(Cl)ccc2Cl)n[nH]c1C1CC1. The van der Waals surface area contributed by atoms with Crippen molar-refractivity contribution in [1.29, 1.82) is 0 Å². The summed E-state index contributed by atoms with van der Waals surface area (Å²) in [4.78, 5) is 12.2. The third kappa shape index (κ3) is 2.46. The van der Waals surface area contributed by atoms with Gasteiger partial charge in [-0.1, -0.05) is 23.2 Å². The van der Waals surface area contributed by atoms with E-state index in [-0.39, 0.29) is 5.69 Å². The number of nitrogens with one attached hydrogen (secondary N) is 2. The summed E-state index contributed by atoms with van der Waals surface area (Å²) in [5.41, 5.74) is 7.81. The molecule has 104 valence electrons. The molecule has 1 aliphatic rings. The summed E-state index contributed by atoms with van der Waals surface area (Å²) in [6.07, 6.45) is 2.15. The molecule has 0 atom stereocenters. The van der Waals surface area contributed by atoms with Crippen LogP contribution in [0.25, 0.3) is 0 Å². The molecular formula is C13H12Cl2N4O. The molecule has 0 radical (unpaired) electrons. The van der Waals surface area contributed by atoms with Gasteiger partial charge in [0, 0.05) is 10.9 Å². The van der Waals surface area contributed by atoms with Crippen LogP contribution in [0.15, 0.2) is 18.2 Å². The van der Waals surface area contributed by atoms with Gasteiger partial charge in [0.25, 0.3) is 5.91 Å². The Morgan fingerprint density at radius 3 is 2.85 bits per heavy atom. The van der Waals surface area contributed by atoms with E-state index in [0.717, 1.165) is 18.5 Å². The van der Waals surface area contributed by atoms with E-state index in [2.05, 4.69) is 15.5 Å². The van der Waals surface area contributed by atoms with Crippen molar-refractivity contribution in [2.75, 3.05) is 11.1 Å². The fourth-order valence-electron chi connectivity index (χ4n) is 2.00. The number of benzene rings is 1. The Labute approximate surface area is 125 Å². The third-order valence-electron chi connectivity index (χ3n) is 3.21. The number of nitrogens with zero attached hydrogens (tertiary/aromatic N) is 1. The van der Waals surface area contributed by atoms with E-state index in [9.17, 15) is 4.79 Å². The van der Waals surface area contributed by atoms with Crippen molar-refractivity contribution in [2.45, 2.75) is 18.8 Å². The highest BCUT2D eigenvalue weighted by Crippen LogP contribution is 2.42. The highest BCUT2D eigenvalue weighted by Gasteiger charge is 2.30. The maximum Gasteiger partial charge on any atom is 0.278 e. The molecule has 1 aromatic carbocycles. The average molecular weight is 311 g/mol. The minimum atomic E-state index is -0.408. The maximum absolute atomic E-state index is 12.2. The minimum absolute atomic E-state index is 0.183. The smallest absolute Gasteiger partial charge is 0.278 e. The number of amides is 1. The number of carbonyl (C=O) groups excluding carboxylic acids is 1. The summed E-state index contributed by atoms with van der Waals surface area (Å²) < 4.78 is 0. The molecule has 4 N–H and O–H groups in total. The van der Waals surface area contributed by atoms with E-state index in [1.807, 2.05) is 0 Å². The molecule has 1 aromatic heterocycles. The zero-order valence-corrected chi connectivity index (χ0v) is 11.9. The number of halogens is 2. The maximum atomic E-state index is 12.2. The number of hydrogen-bond donors (Lipinski definition) is 3. The number of carbonyl (C=O) groups is 1. The first-order chi connectivity index (χ1) is 9.56. The minimum Gasteiger partial charge on any atom is -0.395 e. The first kappa shape index (κ1) is 13.3. The van der Waals surface area contributed by atoms with E-state index in [4.69, 9.17) is 28.9 Å². The second-order valence-corrected chi connectivity index (χ2v) is 5.60. The lowest BCUT2D eigenvalue weighted by Crippen LogP contribution is -2.14. The fourth-order valence-corrected chi connectivity index (χ4v) is 2.33. The van der Waals surface area contributed by atoms with Crippen LogP contribution in [0, 0.1) is 0 Å². The standard InChI is InChI=1S/C13H12Cl2N4O/c14-7-3-4-8(15)9(5-7)17-13(20)12-10(16)11(18-19-12)6-1-2-6/h3-6H,1-2,16H2,(H,17,20)(H,18,19). The van der Waals surface area contributed by atoms with Gasteiger partial charge in [-0.15, -0.1) is 0 Å². The quantitative estimate of drug-likeness (QED) is 0.812. The second kappa shape index (κ2) is 5.00. The number of nitrogen functional groups attached to an aromatic ring is 1. The van der Waals surface area contributed by atoms with Gasteiger partial charge < -0.3 is 11.1 Å². The Morgan fingerprint density at radius 1 is 1.40 bits per heavy atom. The van der Waals surface area contributed by atoms with E-state index in [0.29, 0.717) is 27.3 Å². The zero-order valence-electron chi connectivity index (χ0n) is 10.4. The average Bonchev–Trinajstić information content (AvgIpc) is 3.17. The van der Waals surface area contributed by atoms with Crippen LogP contribution in [-0.4, -0.2) is 16.1 Å². The van der Waals surface area contributed by atoms with Gasteiger partial charge in [-0.05, 0) is 31.0 Å². The fraction of sp³-hybridized carbons (Fsp3) is 0.231.